The van der Waals surface area contributed by atoms with E-state index in [0.29, 0.717) is 17.7 Å². The number of pyridine rings is 1. The summed E-state index contributed by atoms with van der Waals surface area (Å²) in [5.41, 5.74) is 0. The van der Waals surface area contributed by atoms with Gasteiger partial charge < -0.3 is 20.0 Å². The van der Waals surface area contributed by atoms with E-state index in [1.165, 1.54) is 23.3 Å². The van der Waals surface area contributed by atoms with Crippen molar-refractivity contribution < 1.29 is 20.0 Å². The van der Waals surface area contributed by atoms with Crippen LogP contribution in [0, 0.1) is 5.92 Å². The van der Waals surface area contributed by atoms with Crippen LogP contribution in [0.25, 0.3) is 0 Å². The Morgan fingerprint density at radius 2 is 1.96 bits per heavy atom. The van der Waals surface area contributed by atoms with E-state index in [2.05, 4.69) is 20.4 Å². The van der Waals surface area contributed by atoms with Crippen LogP contribution < -0.4 is 9.92 Å². The van der Waals surface area contributed by atoms with E-state index in [1.54, 1.807) is 12.1 Å². The van der Waals surface area contributed by atoms with Gasteiger partial charge in [-0.15, -0.1) is 15.3 Å². The maximum atomic E-state index is 9.96. The fourth-order valence-electron chi connectivity index (χ4n) is 1.96. The summed E-state index contributed by atoms with van der Waals surface area (Å²) in [6, 6.07) is 3.57. The molecule has 0 aliphatic carbocycles. The van der Waals surface area contributed by atoms with Crippen molar-refractivity contribution in [2.75, 3.05) is 13.2 Å². The third-order valence-electron chi connectivity index (χ3n) is 3.42. The van der Waals surface area contributed by atoms with Crippen molar-refractivity contribution in [3.05, 3.63) is 48.6 Å². The van der Waals surface area contributed by atoms with Gasteiger partial charge in [-0.1, -0.05) is 18.6 Å². The molecule has 1 atom stereocenters. The number of amidine groups is 1. The number of azo groups is 1. The van der Waals surface area contributed by atoms with Gasteiger partial charge in [0.15, 0.2) is 12.0 Å². The standard InChI is InChI=1S/C16H24N7O3/c1-13(2)16(19-17-11-15(25)22-7-8-23(26)12-22)20-18-14-3-5-21(6-4-14)9-10-24/h3-8,12-13,15,24-26H,9-11H2,1-2H3/q+1. The van der Waals surface area contributed by atoms with Gasteiger partial charge in [-0.25, -0.2) is 4.57 Å². The predicted octanol–water partition coefficient (Wildman–Crippen LogP) is 0.320. The molecule has 0 radical (unpaired) electrons. The van der Waals surface area contributed by atoms with Crippen molar-refractivity contribution in [3.63, 3.8) is 0 Å². The van der Waals surface area contributed by atoms with Crippen LogP contribution in [0.3, 0.4) is 0 Å². The molecule has 2 heterocycles. The van der Waals surface area contributed by atoms with E-state index >= 15 is 0 Å². The van der Waals surface area contributed by atoms with Crippen molar-refractivity contribution in [1.82, 2.24) is 9.30 Å². The van der Waals surface area contributed by atoms with E-state index in [0.717, 1.165) is 4.73 Å². The Hall–Kier alpha value is -2.85. The lowest BCUT2D eigenvalue weighted by molar-refractivity contribution is -0.757. The Kier molecular flexibility index (Phi) is 7.18. The zero-order valence-electron chi connectivity index (χ0n) is 14.8. The van der Waals surface area contributed by atoms with E-state index in [9.17, 15) is 10.3 Å². The second-order valence-corrected chi connectivity index (χ2v) is 5.88. The number of aromatic nitrogens is 3. The van der Waals surface area contributed by atoms with Crippen molar-refractivity contribution >= 4 is 5.84 Å². The molecule has 0 saturated heterocycles. The first kappa shape index (κ1) is 19.5. The molecular weight excluding hydrogens is 338 g/mol. The minimum Gasteiger partial charge on any atom is -0.395 e. The Balaban J connectivity index is 2.05. The van der Waals surface area contributed by atoms with Gasteiger partial charge in [0.25, 0.3) is 6.33 Å². The molecule has 3 N–H and O–H groups in total. The molecule has 10 nitrogen and oxygen atoms in total. The Morgan fingerprint density at radius 3 is 2.54 bits per heavy atom. The number of hydrogen-bond donors (Lipinski definition) is 3. The van der Waals surface area contributed by atoms with Gasteiger partial charge in [0.2, 0.25) is 6.23 Å². The Labute approximate surface area is 150 Å². The van der Waals surface area contributed by atoms with E-state index in [4.69, 9.17) is 5.11 Å². The van der Waals surface area contributed by atoms with Crippen LogP contribution >= 0.6 is 0 Å². The lowest BCUT2D eigenvalue weighted by atomic mass is 10.2. The smallest absolute Gasteiger partial charge is 0.286 e. The maximum absolute atomic E-state index is 9.96. The van der Waals surface area contributed by atoms with Gasteiger partial charge in [-0.3, -0.25) is 0 Å². The van der Waals surface area contributed by atoms with Crippen LogP contribution in [0.1, 0.15) is 20.1 Å². The van der Waals surface area contributed by atoms with Gasteiger partial charge in [-0.05, 0) is 12.1 Å². The van der Waals surface area contributed by atoms with Crippen LogP contribution in [0.4, 0.5) is 0 Å². The SMILES string of the molecule is CC(C)C(N=NCC(O)[n+]1ccn(O)c1)=NN=c1ccn(CCO)cc1. The summed E-state index contributed by atoms with van der Waals surface area (Å²) in [4.78, 5) is 0. The molecule has 0 spiro atoms. The van der Waals surface area contributed by atoms with Crippen molar-refractivity contribution in [1.29, 1.82) is 0 Å². The summed E-state index contributed by atoms with van der Waals surface area (Å²) < 4.78 is 4.08. The first-order chi connectivity index (χ1) is 12.5. The van der Waals surface area contributed by atoms with Crippen molar-refractivity contribution in [3.8, 4) is 0 Å². The number of rotatable bonds is 7. The van der Waals surface area contributed by atoms with Crippen LogP contribution in [-0.4, -0.2) is 43.7 Å². The van der Waals surface area contributed by atoms with Crippen LogP contribution in [0.5, 0.6) is 0 Å². The number of nitrogens with zero attached hydrogens (tertiary/aromatic N) is 7. The predicted molar refractivity (Wildman–Crippen MR) is 92.1 cm³/mol. The van der Waals surface area contributed by atoms with Crippen LogP contribution in [0.15, 0.2) is 63.7 Å². The van der Waals surface area contributed by atoms with Gasteiger partial charge in [0.1, 0.15) is 12.7 Å². The molecule has 0 aliphatic heterocycles. The first-order valence-corrected chi connectivity index (χ1v) is 8.21. The highest BCUT2D eigenvalue weighted by Gasteiger charge is 2.13. The zero-order chi connectivity index (χ0) is 18.9. The molecule has 0 fully saturated rings. The Morgan fingerprint density at radius 1 is 1.23 bits per heavy atom. The molecule has 1 unspecified atom stereocenters. The fraction of sp³-hybridized carbons (Fsp3) is 0.438. The summed E-state index contributed by atoms with van der Waals surface area (Å²) in [5.74, 6) is 0.447. The average Bonchev–Trinajstić information content (AvgIpc) is 3.05. The normalized spacial score (nSPS) is 13.5. The molecular formula is C16H24N7O3+. The molecule has 0 aliphatic rings. The largest absolute Gasteiger partial charge is 0.395 e. The van der Waals surface area contributed by atoms with Crippen molar-refractivity contribution in [2.45, 2.75) is 26.6 Å². The zero-order valence-corrected chi connectivity index (χ0v) is 14.8. The number of aliphatic hydroxyl groups is 2. The second-order valence-electron chi connectivity index (χ2n) is 5.88. The lowest BCUT2D eigenvalue weighted by Gasteiger charge is -2.04. The molecule has 140 valence electrons. The molecule has 0 saturated carbocycles. The summed E-state index contributed by atoms with van der Waals surface area (Å²) in [7, 11) is 0. The highest BCUT2D eigenvalue weighted by molar-refractivity contribution is 5.84. The summed E-state index contributed by atoms with van der Waals surface area (Å²) in [5, 5.41) is 45.0. The first-order valence-electron chi connectivity index (χ1n) is 8.21. The monoisotopic (exact) mass is 362 g/mol. The molecule has 0 aromatic carbocycles. The molecule has 2 rings (SSSR count). The maximum Gasteiger partial charge on any atom is 0.286 e. The molecule has 10 heteroatoms. The van der Waals surface area contributed by atoms with Crippen LogP contribution in [-0.2, 0) is 6.54 Å². The van der Waals surface area contributed by atoms with Gasteiger partial charge in [0.05, 0.1) is 12.0 Å². The van der Waals surface area contributed by atoms with E-state index in [-0.39, 0.29) is 19.1 Å². The van der Waals surface area contributed by atoms with Gasteiger partial charge in [-0.2, -0.15) is 5.11 Å². The third kappa shape index (κ3) is 5.90. The highest BCUT2D eigenvalue weighted by atomic mass is 16.5. The third-order valence-corrected chi connectivity index (χ3v) is 3.42. The quantitative estimate of drug-likeness (QED) is 0.164. The summed E-state index contributed by atoms with van der Waals surface area (Å²) >= 11 is 0. The number of imidazole rings is 1. The highest BCUT2D eigenvalue weighted by Crippen LogP contribution is 2.01. The molecule has 0 bridgehead atoms. The fourth-order valence-corrected chi connectivity index (χ4v) is 1.96. The average molecular weight is 362 g/mol. The molecule has 2 aromatic rings. The minimum atomic E-state index is -0.936. The lowest BCUT2D eigenvalue weighted by Crippen LogP contribution is -2.39. The molecule has 0 amide bonds. The number of hydrogen-bond acceptors (Lipinski definition) is 6. The van der Waals surface area contributed by atoms with Gasteiger partial charge in [0, 0.05) is 24.9 Å². The summed E-state index contributed by atoms with van der Waals surface area (Å²) in [6.45, 7) is 4.46. The van der Waals surface area contributed by atoms with Crippen molar-refractivity contribution in [2.24, 2.45) is 26.3 Å². The number of aliphatic hydroxyl groups excluding tert-OH is 2. The second kappa shape index (κ2) is 9.59. The Bertz CT molecular complexity index is 803. The van der Waals surface area contributed by atoms with Crippen LogP contribution in [0.2, 0.25) is 0 Å². The molecule has 2 aromatic heterocycles. The van der Waals surface area contributed by atoms with E-state index < -0.39 is 6.23 Å². The minimum absolute atomic E-state index is 0.00820. The summed E-state index contributed by atoms with van der Waals surface area (Å²) in [6.07, 6.45) is 6.92. The van der Waals surface area contributed by atoms with E-state index in [1.807, 2.05) is 30.8 Å². The molecule has 26 heavy (non-hydrogen) atoms. The van der Waals surface area contributed by atoms with Gasteiger partial charge >= 0.3 is 0 Å². The topological polar surface area (TPSA) is 124 Å².